The number of aromatic amines is 1. The van der Waals surface area contributed by atoms with Gasteiger partial charge in [0.1, 0.15) is 0 Å². The summed E-state index contributed by atoms with van der Waals surface area (Å²) >= 11 is 0. The summed E-state index contributed by atoms with van der Waals surface area (Å²) in [7, 11) is -0.153. The van der Waals surface area contributed by atoms with Crippen LogP contribution in [0.2, 0.25) is 0 Å². The molecular weight excluding hydrogens is 280 g/mol. The second kappa shape index (κ2) is 6.66. The molecule has 1 aliphatic rings. The molecule has 1 saturated heterocycles. The van der Waals surface area contributed by atoms with Crippen molar-refractivity contribution in [2.45, 2.75) is 24.4 Å². The summed E-state index contributed by atoms with van der Waals surface area (Å²) in [5.41, 5.74) is 0.652. The van der Waals surface area contributed by atoms with Crippen LogP contribution in [0.3, 0.4) is 0 Å². The summed E-state index contributed by atoms with van der Waals surface area (Å²) in [6, 6.07) is 0. The normalized spacial score (nSPS) is 20.4. The summed E-state index contributed by atoms with van der Waals surface area (Å²) in [6.07, 6.45) is 3.54. The number of aromatic nitrogens is 2. The van der Waals surface area contributed by atoms with Gasteiger partial charge in [-0.2, -0.15) is 9.40 Å². The van der Waals surface area contributed by atoms with E-state index in [1.807, 2.05) is 0 Å². The molecule has 0 aliphatic carbocycles. The molecule has 20 heavy (non-hydrogen) atoms. The van der Waals surface area contributed by atoms with Crippen molar-refractivity contribution in [3.63, 3.8) is 0 Å². The fourth-order valence-corrected chi connectivity index (χ4v) is 3.75. The first-order valence-electron chi connectivity index (χ1n) is 6.76. The SMILES string of the molecule is CNCc1cn[nH]c1S(=O)(=O)N(C)CC1CCCOC1. The first-order chi connectivity index (χ1) is 9.55. The van der Waals surface area contributed by atoms with Crippen molar-refractivity contribution in [3.05, 3.63) is 11.8 Å². The van der Waals surface area contributed by atoms with Gasteiger partial charge in [0.15, 0.2) is 5.03 Å². The molecule has 2 rings (SSSR count). The molecule has 2 N–H and O–H groups in total. The highest BCUT2D eigenvalue weighted by Crippen LogP contribution is 2.20. The molecule has 0 radical (unpaired) electrons. The van der Waals surface area contributed by atoms with Gasteiger partial charge >= 0.3 is 0 Å². The predicted octanol–water partition coefficient (Wildman–Crippen LogP) is 0.176. The average Bonchev–Trinajstić information content (AvgIpc) is 2.89. The molecule has 1 atom stereocenters. The van der Waals surface area contributed by atoms with E-state index in [1.54, 1.807) is 20.3 Å². The summed E-state index contributed by atoms with van der Waals surface area (Å²) in [6.45, 7) is 2.35. The van der Waals surface area contributed by atoms with Crippen LogP contribution in [-0.4, -0.2) is 56.8 Å². The molecule has 1 unspecified atom stereocenters. The zero-order valence-electron chi connectivity index (χ0n) is 11.9. The third-order valence-electron chi connectivity index (χ3n) is 3.48. The Morgan fingerprint density at radius 3 is 3.05 bits per heavy atom. The molecular formula is C12H22N4O3S. The number of ether oxygens (including phenoxy) is 1. The van der Waals surface area contributed by atoms with Crippen molar-refractivity contribution < 1.29 is 13.2 Å². The molecule has 114 valence electrons. The Balaban J connectivity index is 2.10. The maximum atomic E-state index is 12.5. The third kappa shape index (κ3) is 3.38. The van der Waals surface area contributed by atoms with Crippen molar-refractivity contribution >= 4 is 10.0 Å². The van der Waals surface area contributed by atoms with E-state index in [9.17, 15) is 8.42 Å². The van der Waals surface area contributed by atoms with E-state index in [0.717, 1.165) is 19.4 Å². The topological polar surface area (TPSA) is 87.3 Å². The molecule has 7 nitrogen and oxygen atoms in total. The molecule has 1 fully saturated rings. The lowest BCUT2D eigenvalue weighted by molar-refractivity contribution is 0.0495. The van der Waals surface area contributed by atoms with Crippen LogP contribution in [0.25, 0.3) is 0 Å². The zero-order valence-corrected chi connectivity index (χ0v) is 12.7. The van der Waals surface area contributed by atoms with Crippen LogP contribution in [0, 0.1) is 5.92 Å². The van der Waals surface area contributed by atoms with Crippen LogP contribution in [0.15, 0.2) is 11.2 Å². The lowest BCUT2D eigenvalue weighted by atomic mass is 10.0. The lowest BCUT2D eigenvalue weighted by Gasteiger charge is -2.26. The van der Waals surface area contributed by atoms with Gasteiger partial charge in [0, 0.05) is 32.3 Å². The molecule has 0 amide bonds. The van der Waals surface area contributed by atoms with Crippen molar-refractivity contribution in [1.29, 1.82) is 0 Å². The fraction of sp³-hybridized carbons (Fsp3) is 0.750. The van der Waals surface area contributed by atoms with E-state index in [-0.39, 0.29) is 10.9 Å². The van der Waals surface area contributed by atoms with Gasteiger partial charge < -0.3 is 10.1 Å². The Kier molecular flexibility index (Phi) is 5.14. The van der Waals surface area contributed by atoms with E-state index < -0.39 is 10.0 Å². The van der Waals surface area contributed by atoms with E-state index in [0.29, 0.717) is 25.3 Å². The Morgan fingerprint density at radius 2 is 2.40 bits per heavy atom. The van der Waals surface area contributed by atoms with Gasteiger partial charge in [0.25, 0.3) is 10.0 Å². The standard InChI is InChI=1S/C12H22N4O3S/c1-13-6-11-7-14-15-12(11)20(17,18)16(2)8-10-4-3-5-19-9-10/h7,10,13H,3-6,8-9H2,1-2H3,(H,14,15). The quantitative estimate of drug-likeness (QED) is 0.782. The summed E-state index contributed by atoms with van der Waals surface area (Å²) in [5, 5.41) is 9.55. The molecule has 1 aromatic heterocycles. The lowest BCUT2D eigenvalue weighted by Crippen LogP contribution is -2.35. The van der Waals surface area contributed by atoms with E-state index in [2.05, 4.69) is 15.5 Å². The van der Waals surface area contributed by atoms with Gasteiger partial charge in [-0.15, -0.1) is 0 Å². The number of nitrogens with one attached hydrogen (secondary N) is 2. The van der Waals surface area contributed by atoms with Gasteiger partial charge in [-0.1, -0.05) is 0 Å². The molecule has 0 spiro atoms. The molecule has 1 aromatic rings. The van der Waals surface area contributed by atoms with Crippen LogP contribution in [0.4, 0.5) is 0 Å². The zero-order chi connectivity index (χ0) is 14.6. The smallest absolute Gasteiger partial charge is 0.260 e. The van der Waals surface area contributed by atoms with Crippen LogP contribution in [0.5, 0.6) is 0 Å². The van der Waals surface area contributed by atoms with Gasteiger partial charge in [-0.05, 0) is 25.8 Å². The van der Waals surface area contributed by atoms with Crippen molar-refractivity contribution in [2.75, 3.05) is 33.9 Å². The van der Waals surface area contributed by atoms with Gasteiger partial charge in [0.05, 0.1) is 12.8 Å². The molecule has 8 heteroatoms. The Bertz CT molecular complexity index is 523. The number of hydrogen-bond acceptors (Lipinski definition) is 5. The highest BCUT2D eigenvalue weighted by atomic mass is 32.2. The summed E-state index contributed by atoms with van der Waals surface area (Å²) < 4.78 is 31.9. The van der Waals surface area contributed by atoms with Crippen LogP contribution in [0.1, 0.15) is 18.4 Å². The number of nitrogens with zero attached hydrogens (tertiary/aromatic N) is 2. The number of hydrogen-bond donors (Lipinski definition) is 2. The van der Waals surface area contributed by atoms with Gasteiger partial charge in [0.2, 0.25) is 0 Å². The van der Waals surface area contributed by atoms with Crippen LogP contribution < -0.4 is 5.32 Å². The van der Waals surface area contributed by atoms with E-state index in [1.165, 1.54) is 4.31 Å². The highest BCUT2D eigenvalue weighted by Gasteiger charge is 2.28. The van der Waals surface area contributed by atoms with Crippen LogP contribution in [-0.2, 0) is 21.3 Å². The third-order valence-corrected chi connectivity index (χ3v) is 5.32. The molecule has 0 saturated carbocycles. The second-order valence-corrected chi connectivity index (χ2v) is 7.11. The van der Waals surface area contributed by atoms with Crippen molar-refractivity contribution in [3.8, 4) is 0 Å². The second-order valence-electron chi connectivity index (χ2n) is 5.12. The Morgan fingerprint density at radius 1 is 1.60 bits per heavy atom. The molecule has 1 aliphatic heterocycles. The maximum Gasteiger partial charge on any atom is 0.260 e. The van der Waals surface area contributed by atoms with Crippen LogP contribution >= 0.6 is 0 Å². The predicted molar refractivity (Wildman–Crippen MR) is 74.7 cm³/mol. The number of rotatable bonds is 6. The Labute approximate surface area is 119 Å². The largest absolute Gasteiger partial charge is 0.381 e. The average molecular weight is 302 g/mol. The number of sulfonamides is 1. The minimum absolute atomic E-state index is 0.172. The molecule has 2 heterocycles. The van der Waals surface area contributed by atoms with Gasteiger partial charge in [-0.3, -0.25) is 5.10 Å². The Hall–Kier alpha value is -0.960. The summed E-state index contributed by atoms with van der Waals surface area (Å²) in [5.74, 6) is 0.263. The number of H-pyrrole nitrogens is 1. The van der Waals surface area contributed by atoms with E-state index in [4.69, 9.17) is 4.74 Å². The fourth-order valence-electron chi connectivity index (χ4n) is 2.41. The maximum absolute atomic E-state index is 12.5. The van der Waals surface area contributed by atoms with E-state index >= 15 is 0 Å². The molecule has 0 bridgehead atoms. The van der Waals surface area contributed by atoms with Crippen molar-refractivity contribution in [1.82, 2.24) is 19.8 Å². The minimum atomic E-state index is -3.53. The monoisotopic (exact) mass is 302 g/mol. The first kappa shape index (κ1) is 15.4. The van der Waals surface area contributed by atoms with Gasteiger partial charge in [-0.25, -0.2) is 8.42 Å². The highest BCUT2D eigenvalue weighted by molar-refractivity contribution is 7.89. The minimum Gasteiger partial charge on any atom is -0.381 e. The first-order valence-corrected chi connectivity index (χ1v) is 8.20. The summed E-state index contributed by atoms with van der Waals surface area (Å²) in [4.78, 5) is 0. The molecule has 0 aromatic carbocycles. The van der Waals surface area contributed by atoms with Crippen molar-refractivity contribution in [2.24, 2.45) is 5.92 Å².